The summed E-state index contributed by atoms with van der Waals surface area (Å²) in [5.41, 5.74) is 8.45. The van der Waals surface area contributed by atoms with Crippen LogP contribution in [0.25, 0.3) is 10.1 Å². The molecule has 1 aliphatic rings. The zero-order valence-electron chi connectivity index (χ0n) is 74.3. The van der Waals surface area contributed by atoms with Crippen molar-refractivity contribution in [2.24, 2.45) is 17.6 Å². The lowest BCUT2D eigenvalue weighted by atomic mass is 9.98. The third-order valence-electron chi connectivity index (χ3n) is 22.0. The molecule has 0 bridgehead atoms. The minimum Gasteiger partial charge on any atom is -0.508 e. The number of carbonyl (C=O) groups excluding carboxylic acids is 15. The number of fused-ring (bicyclic) bond motifs is 1. The Morgan fingerprint density at radius 1 is 0.477 bits per heavy atom. The fraction of sp³-hybridized carbons (Fsp3) is 0.419. The number of amides is 15. The number of nitrogens with zero attached hydrogens (tertiary/aromatic N) is 5. The van der Waals surface area contributed by atoms with Crippen LogP contribution in [0.4, 0.5) is 0 Å². The SMILES string of the molecule is CCCC[C@H]1C(=O)N(C)CC(=O)N[C@@H](CC(=O)O)C(=O)N[C@@H](C(C)C)C(=O)N(C)C(Cc2ccccc2)C(=O)N[C@@H](Cc2ccc(O)cc2)C(=O)N(C)CC(=O)N[C@@H](Cc2csc3ccccc23)C(=O)N[C@@H](Cc2ccc(O)cc2)C(=O)N[C@@H](CC(C)C)C(=O)N[C@H](C(=O)NCC(N)=O)CSCC(=O)N[C@@H](Cc2ccc(Cl)cc2)C(=O)N(C)[C@@H](Cc2ccccc2)C(=O)N1C. The Labute approximate surface area is 768 Å². The minimum atomic E-state index is -1.91. The van der Waals surface area contributed by atoms with E-state index >= 15 is 38.4 Å². The summed E-state index contributed by atoms with van der Waals surface area (Å²) in [7, 11) is 6.51. The smallest absolute Gasteiger partial charge is 0.305 e. The first kappa shape index (κ1) is 102. The number of phenols is 2. The number of primary amides is 1. The number of carboxylic acid groups (broad SMARTS) is 1. The van der Waals surface area contributed by atoms with Crippen molar-refractivity contribution in [3.63, 3.8) is 0 Å². The number of unbranched alkanes of at least 4 members (excludes halogenated alkanes) is 1. The molecule has 15 amide bonds. The van der Waals surface area contributed by atoms with Crippen LogP contribution < -0.4 is 53.6 Å². The fourth-order valence-corrected chi connectivity index (χ4v) is 16.8. The lowest BCUT2D eigenvalue weighted by molar-refractivity contribution is -0.151. The second kappa shape index (κ2) is 49.6. The molecule has 14 N–H and O–H groups in total. The Balaban J connectivity index is 1.22. The predicted molar refractivity (Wildman–Crippen MR) is 491 cm³/mol. The third-order valence-corrected chi connectivity index (χ3v) is 24.3. The van der Waals surface area contributed by atoms with Gasteiger partial charge in [-0.2, -0.15) is 0 Å². The second-order valence-electron chi connectivity index (χ2n) is 33.1. The summed E-state index contributed by atoms with van der Waals surface area (Å²) in [4.78, 5) is 240. The number of thioether (sulfide) groups is 1. The molecule has 1 unspecified atom stereocenters. The summed E-state index contributed by atoms with van der Waals surface area (Å²) >= 11 is 8.49. The van der Waals surface area contributed by atoms with E-state index in [1.54, 1.807) is 124 Å². The van der Waals surface area contributed by atoms with Crippen LogP contribution >= 0.6 is 34.7 Å². The van der Waals surface area contributed by atoms with Gasteiger partial charge in [-0.15, -0.1) is 23.1 Å². The van der Waals surface area contributed by atoms with E-state index < -0.39 is 205 Å². The number of nitrogens with one attached hydrogen (secondary N) is 9. The van der Waals surface area contributed by atoms with E-state index in [4.69, 9.17) is 17.3 Å². The van der Waals surface area contributed by atoms with Gasteiger partial charge in [0.25, 0.3) is 0 Å². The Bertz CT molecular complexity index is 5130. The summed E-state index contributed by atoms with van der Waals surface area (Å²) in [5, 5.41) is 57.8. The Hall–Kier alpha value is -13.0. The largest absolute Gasteiger partial charge is 0.508 e. The van der Waals surface area contributed by atoms with Crippen LogP contribution in [0.1, 0.15) is 100 Å². The van der Waals surface area contributed by atoms with Crippen molar-refractivity contribution in [1.82, 2.24) is 72.4 Å². The molecule has 1 saturated heterocycles. The lowest BCUT2D eigenvalue weighted by Crippen LogP contribution is -2.61. The summed E-state index contributed by atoms with van der Waals surface area (Å²) in [6.07, 6.45) is -1.60. The first-order chi connectivity index (χ1) is 61.8. The highest BCUT2D eigenvalue weighted by Crippen LogP contribution is 2.28. The molecule has 8 rings (SSSR count). The van der Waals surface area contributed by atoms with Gasteiger partial charge >= 0.3 is 5.97 Å². The molecule has 0 saturated carbocycles. The zero-order valence-corrected chi connectivity index (χ0v) is 76.7. The third kappa shape index (κ3) is 30.9. The molecule has 1 aliphatic heterocycles. The molecule has 0 spiro atoms. The Morgan fingerprint density at radius 2 is 0.931 bits per heavy atom. The highest BCUT2D eigenvalue weighted by atomic mass is 35.5. The molecule has 37 heteroatoms. The number of aliphatic carboxylic acids is 1. The van der Waals surface area contributed by atoms with Crippen LogP contribution in [0.5, 0.6) is 11.5 Å². The fourth-order valence-electron chi connectivity index (χ4n) is 14.8. The molecule has 0 aliphatic carbocycles. The standard InChI is InChI=1S/C93H116ClN15O19S2/c1-11-12-26-73-91(126)106(7)50-79(114)98-69(47-81(116)117)87(122)104-82(55(4)5)93(128)108(9)74(44-56-21-15-13-16-22-56)88(123)102-70(42-60-32-38-64(111)39-33-60)89(124)105(6)49-78(113)97-68(46-61-51-130-76-27-20-19-25-65(61)76)86(121)101-67(41-59-30-36-63(110)37-31-59)85(120)100-66(40-54(2)3)84(119)103-72(83(118)96-48-77(95)112)52-129-53-80(115)99-71(43-58-28-34-62(94)35-29-58)90(125)109(10)75(92(127)107(73)8)45-57-23-17-14-18-24-57/h13-25,27-39,51,54-55,66-75,82,110-111H,11-12,26,40-50,52-53H2,1-10H3,(H2,95,112)(H,96,118)(H,97,113)(H,98,114)(H,99,115)(H,100,120)(H,101,121)(H,102,123)(H,103,119)(H,104,122)(H,116,117)/t66-,67-,68-,69-,70-,71-,72-,73-,74?,75-,82-/m0/s1. The zero-order chi connectivity index (χ0) is 95.2. The van der Waals surface area contributed by atoms with Gasteiger partial charge in [-0.3, -0.25) is 76.7 Å². The maximum atomic E-state index is 15.5. The van der Waals surface area contributed by atoms with Crippen molar-refractivity contribution in [2.75, 3.05) is 66.4 Å². The van der Waals surface area contributed by atoms with Crippen molar-refractivity contribution in [3.05, 3.63) is 202 Å². The van der Waals surface area contributed by atoms with Gasteiger partial charge in [-0.1, -0.05) is 174 Å². The molecule has 6 aromatic carbocycles. The Kier molecular flexibility index (Phi) is 39.0. The van der Waals surface area contributed by atoms with Gasteiger partial charge in [0.2, 0.25) is 88.6 Å². The van der Waals surface area contributed by atoms with Crippen molar-refractivity contribution in [3.8, 4) is 11.5 Å². The number of nitrogens with two attached hydrogens (primary N) is 1. The van der Waals surface area contributed by atoms with E-state index in [1.807, 2.05) is 25.1 Å². The number of hydrogen-bond acceptors (Lipinski definition) is 20. The number of carboxylic acids is 1. The van der Waals surface area contributed by atoms with Crippen molar-refractivity contribution >= 4 is 139 Å². The molecule has 34 nitrogen and oxygen atoms in total. The van der Waals surface area contributed by atoms with E-state index in [0.29, 0.717) is 56.6 Å². The van der Waals surface area contributed by atoms with E-state index in [9.17, 15) is 53.7 Å². The average molecular weight is 1850 g/mol. The number of halogens is 1. The van der Waals surface area contributed by atoms with Crippen LogP contribution in [0.2, 0.25) is 5.02 Å². The van der Waals surface area contributed by atoms with Crippen LogP contribution in [0, 0.1) is 11.8 Å². The molecular formula is C93H116ClN15O19S2. The van der Waals surface area contributed by atoms with E-state index in [1.165, 1.54) is 95.1 Å². The van der Waals surface area contributed by atoms with Crippen LogP contribution in [-0.4, -0.2) is 267 Å². The summed E-state index contributed by atoms with van der Waals surface area (Å²) < 4.78 is 0.817. The number of hydrogen-bond donors (Lipinski definition) is 13. The molecule has 0 radical (unpaired) electrons. The maximum absolute atomic E-state index is 15.5. The topological polar surface area (TPSA) is 484 Å². The van der Waals surface area contributed by atoms with Crippen LogP contribution in [0.3, 0.4) is 0 Å². The molecule has 2 heterocycles. The van der Waals surface area contributed by atoms with Gasteiger partial charge in [-0.05, 0) is 111 Å². The molecule has 1 aromatic heterocycles. The molecule has 7 aromatic rings. The summed E-state index contributed by atoms with van der Waals surface area (Å²) in [6.45, 7) is 6.16. The van der Waals surface area contributed by atoms with Crippen molar-refractivity contribution in [1.29, 1.82) is 0 Å². The van der Waals surface area contributed by atoms with Crippen molar-refractivity contribution < 1.29 is 92.0 Å². The van der Waals surface area contributed by atoms with Gasteiger partial charge in [0.15, 0.2) is 0 Å². The van der Waals surface area contributed by atoms with Gasteiger partial charge in [0, 0.05) is 89.2 Å². The first-order valence-electron chi connectivity index (χ1n) is 42.7. The lowest BCUT2D eigenvalue weighted by Gasteiger charge is -2.37. The first-order valence-corrected chi connectivity index (χ1v) is 45.1. The van der Waals surface area contributed by atoms with Crippen LogP contribution in [0.15, 0.2) is 163 Å². The average Bonchev–Trinajstić information content (AvgIpc) is 1.33. The molecule has 1 fully saturated rings. The van der Waals surface area contributed by atoms with Gasteiger partial charge in [0.1, 0.15) is 78.0 Å². The molecule has 696 valence electrons. The van der Waals surface area contributed by atoms with Gasteiger partial charge in [-0.25, -0.2) is 0 Å². The number of aromatic hydroxyl groups is 2. The van der Waals surface area contributed by atoms with E-state index in [0.717, 1.165) is 41.0 Å². The minimum absolute atomic E-state index is 0.0195. The normalized spacial score (nSPS) is 21.8. The molecule has 11 atom stereocenters. The highest BCUT2D eigenvalue weighted by molar-refractivity contribution is 8.00. The predicted octanol–water partition coefficient (Wildman–Crippen LogP) is 3.71. The van der Waals surface area contributed by atoms with E-state index in [-0.39, 0.29) is 68.8 Å². The van der Waals surface area contributed by atoms with Crippen molar-refractivity contribution in [2.45, 2.75) is 172 Å². The Morgan fingerprint density at radius 3 is 1.48 bits per heavy atom. The maximum Gasteiger partial charge on any atom is 0.305 e. The number of phenolic OH excluding ortho intramolecular Hbond substituents is 2. The molecular weight excluding hydrogens is 1730 g/mol. The number of thiophene rings is 1. The summed E-state index contributed by atoms with van der Waals surface area (Å²) in [6, 6.07) is 25.1. The molecule has 130 heavy (non-hydrogen) atoms. The second-order valence-corrected chi connectivity index (χ2v) is 35.5. The van der Waals surface area contributed by atoms with Gasteiger partial charge in [0.05, 0.1) is 31.8 Å². The monoisotopic (exact) mass is 1850 g/mol. The quantitative estimate of drug-likeness (QED) is 0.0434. The number of rotatable bonds is 23. The summed E-state index contributed by atoms with van der Waals surface area (Å²) in [5.74, 6) is -17.6. The highest BCUT2D eigenvalue weighted by Gasteiger charge is 2.42. The number of likely N-dealkylation sites (N-methyl/N-ethyl adjacent to an activating group) is 5. The number of benzene rings is 6. The van der Waals surface area contributed by atoms with Crippen LogP contribution in [-0.2, 0) is 115 Å². The number of carbonyl (C=O) groups is 16. The van der Waals surface area contributed by atoms with E-state index in [2.05, 4.69) is 47.9 Å². The van der Waals surface area contributed by atoms with Gasteiger partial charge < -0.3 is 93.4 Å².